The summed E-state index contributed by atoms with van der Waals surface area (Å²) in [5.74, 6) is -1.41. The summed E-state index contributed by atoms with van der Waals surface area (Å²) >= 11 is 0. The van der Waals surface area contributed by atoms with E-state index in [1.165, 1.54) is 6.92 Å². The maximum absolute atomic E-state index is 13.2. The number of carbonyl (C=O) groups is 4. The Labute approximate surface area is 195 Å². The molecule has 2 fully saturated rings. The average molecular weight is 458 g/mol. The Morgan fingerprint density at radius 3 is 2.36 bits per heavy atom. The monoisotopic (exact) mass is 457 g/mol. The SMILES string of the molecule is Cc1cc(C)c(NC(=O)C(C)OC(=O)CN2C(=O)NC3(CC(C)CC(C)(C)C3)C2=O)c(C)c1. The number of anilines is 1. The first-order valence-electron chi connectivity index (χ1n) is 11.5. The van der Waals surface area contributed by atoms with Crippen LogP contribution < -0.4 is 10.6 Å². The molecular formula is C25H35N3O5. The van der Waals surface area contributed by atoms with Gasteiger partial charge in [-0.1, -0.05) is 38.5 Å². The molecule has 8 heteroatoms. The first kappa shape index (κ1) is 24.7. The summed E-state index contributed by atoms with van der Waals surface area (Å²) in [7, 11) is 0. The lowest BCUT2D eigenvalue weighted by molar-refractivity contribution is -0.155. The Morgan fingerprint density at radius 1 is 1.18 bits per heavy atom. The van der Waals surface area contributed by atoms with Gasteiger partial charge in [0.1, 0.15) is 12.1 Å². The van der Waals surface area contributed by atoms with E-state index in [0.717, 1.165) is 28.0 Å². The Kier molecular flexibility index (Phi) is 6.60. The molecule has 1 aliphatic heterocycles. The number of benzene rings is 1. The van der Waals surface area contributed by atoms with Crippen LogP contribution in [0.1, 0.15) is 63.6 Å². The number of aryl methyl sites for hydroxylation is 3. The van der Waals surface area contributed by atoms with E-state index in [9.17, 15) is 19.2 Å². The van der Waals surface area contributed by atoms with E-state index in [4.69, 9.17) is 4.74 Å². The average Bonchev–Trinajstić information content (AvgIpc) is 2.85. The van der Waals surface area contributed by atoms with Crippen molar-refractivity contribution in [1.82, 2.24) is 10.2 Å². The van der Waals surface area contributed by atoms with E-state index >= 15 is 0 Å². The van der Waals surface area contributed by atoms with E-state index in [2.05, 4.69) is 31.4 Å². The standard InChI is InChI=1S/C25H35N3O5/c1-14-8-16(3)20(17(4)9-14)26-21(30)18(5)33-19(29)12-28-22(31)25(27-23(28)32)11-15(2)10-24(6,7)13-25/h8-9,15,18H,10-13H2,1-7H3,(H,26,30)(H,27,32). The Bertz CT molecular complexity index is 979. The van der Waals surface area contributed by atoms with Gasteiger partial charge in [-0.3, -0.25) is 19.3 Å². The van der Waals surface area contributed by atoms with Crippen molar-refractivity contribution in [3.8, 4) is 0 Å². The highest BCUT2D eigenvalue weighted by Crippen LogP contribution is 2.46. The molecule has 1 spiro atoms. The number of rotatable bonds is 5. The third kappa shape index (κ3) is 5.20. The van der Waals surface area contributed by atoms with Gasteiger partial charge in [0.05, 0.1) is 0 Å². The predicted octanol–water partition coefficient (Wildman–Crippen LogP) is 3.62. The molecule has 4 amide bonds. The summed E-state index contributed by atoms with van der Waals surface area (Å²) in [6.07, 6.45) is 0.947. The fourth-order valence-corrected chi connectivity index (χ4v) is 5.67. The third-order valence-electron chi connectivity index (χ3n) is 6.51. The van der Waals surface area contributed by atoms with Crippen molar-refractivity contribution in [2.75, 3.05) is 11.9 Å². The van der Waals surface area contributed by atoms with Crippen LogP contribution in [0.5, 0.6) is 0 Å². The van der Waals surface area contributed by atoms with Crippen molar-refractivity contribution < 1.29 is 23.9 Å². The lowest BCUT2D eigenvalue weighted by atomic mass is 9.64. The molecule has 3 atom stereocenters. The van der Waals surface area contributed by atoms with Gasteiger partial charge < -0.3 is 15.4 Å². The van der Waals surface area contributed by atoms with E-state index in [-0.39, 0.29) is 11.3 Å². The van der Waals surface area contributed by atoms with Gasteiger partial charge in [0.2, 0.25) is 0 Å². The molecule has 0 aromatic heterocycles. The van der Waals surface area contributed by atoms with Crippen molar-refractivity contribution in [2.24, 2.45) is 11.3 Å². The second-order valence-corrected chi connectivity index (χ2v) is 10.7. The van der Waals surface area contributed by atoms with Crippen molar-refractivity contribution in [3.05, 3.63) is 28.8 Å². The number of urea groups is 1. The van der Waals surface area contributed by atoms with Crippen LogP contribution in [-0.4, -0.2) is 46.9 Å². The third-order valence-corrected chi connectivity index (χ3v) is 6.51. The fourth-order valence-electron chi connectivity index (χ4n) is 5.67. The number of esters is 1. The van der Waals surface area contributed by atoms with Crippen LogP contribution in [0.3, 0.4) is 0 Å². The first-order valence-corrected chi connectivity index (χ1v) is 11.5. The number of hydrogen-bond acceptors (Lipinski definition) is 5. The molecule has 1 aliphatic carbocycles. The molecule has 33 heavy (non-hydrogen) atoms. The minimum atomic E-state index is -1.08. The minimum absolute atomic E-state index is 0.101. The molecule has 1 aromatic rings. The summed E-state index contributed by atoms with van der Waals surface area (Å²) in [5, 5.41) is 5.64. The molecule has 8 nitrogen and oxygen atoms in total. The highest BCUT2D eigenvalue weighted by Gasteiger charge is 2.56. The highest BCUT2D eigenvalue weighted by molar-refractivity contribution is 6.09. The predicted molar refractivity (Wildman–Crippen MR) is 125 cm³/mol. The van der Waals surface area contributed by atoms with E-state index in [0.29, 0.717) is 18.5 Å². The van der Waals surface area contributed by atoms with E-state index in [1.54, 1.807) is 0 Å². The number of nitrogens with zero attached hydrogens (tertiary/aromatic N) is 1. The molecule has 3 rings (SSSR count). The van der Waals surface area contributed by atoms with Crippen molar-refractivity contribution in [3.63, 3.8) is 0 Å². The minimum Gasteiger partial charge on any atom is -0.451 e. The second-order valence-electron chi connectivity index (χ2n) is 10.7. The Hall–Kier alpha value is -2.90. The molecule has 180 valence electrons. The summed E-state index contributed by atoms with van der Waals surface area (Å²) < 4.78 is 5.26. The summed E-state index contributed by atoms with van der Waals surface area (Å²) in [6.45, 7) is 12.9. The first-order chi connectivity index (χ1) is 15.2. The van der Waals surface area contributed by atoms with Crippen LogP contribution in [0, 0.1) is 32.1 Å². The fraction of sp³-hybridized carbons (Fsp3) is 0.600. The topological polar surface area (TPSA) is 105 Å². The normalized spacial score (nSPS) is 25.1. The van der Waals surface area contributed by atoms with E-state index in [1.807, 2.05) is 32.9 Å². The quantitative estimate of drug-likeness (QED) is 0.519. The highest BCUT2D eigenvalue weighted by atomic mass is 16.5. The van der Waals surface area contributed by atoms with Gasteiger partial charge in [-0.25, -0.2) is 4.79 Å². The maximum Gasteiger partial charge on any atom is 0.327 e. The molecule has 3 unspecified atom stereocenters. The summed E-state index contributed by atoms with van der Waals surface area (Å²) in [4.78, 5) is 51.8. The van der Waals surface area contributed by atoms with Crippen LogP contribution >= 0.6 is 0 Å². The van der Waals surface area contributed by atoms with Gasteiger partial charge in [-0.05, 0) is 69.4 Å². The van der Waals surface area contributed by atoms with Gasteiger partial charge in [-0.15, -0.1) is 0 Å². The van der Waals surface area contributed by atoms with Gasteiger partial charge in [0.15, 0.2) is 6.10 Å². The van der Waals surface area contributed by atoms with E-state index < -0.39 is 42.0 Å². The van der Waals surface area contributed by atoms with Crippen LogP contribution in [0.2, 0.25) is 0 Å². The van der Waals surface area contributed by atoms with Gasteiger partial charge >= 0.3 is 12.0 Å². The molecule has 1 saturated carbocycles. The van der Waals surface area contributed by atoms with Gasteiger partial charge in [0, 0.05) is 5.69 Å². The van der Waals surface area contributed by atoms with Crippen LogP contribution in [0.25, 0.3) is 0 Å². The second kappa shape index (κ2) is 8.80. The zero-order valence-electron chi connectivity index (χ0n) is 20.6. The molecule has 2 aliphatic rings. The molecule has 0 radical (unpaired) electrons. The lowest BCUT2D eigenvalue weighted by Crippen LogP contribution is -2.54. The maximum atomic E-state index is 13.2. The van der Waals surface area contributed by atoms with Crippen LogP contribution in [0.15, 0.2) is 12.1 Å². The van der Waals surface area contributed by atoms with Crippen molar-refractivity contribution in [1.29, 1.82) is 0 Å². The van der Waals surface area contributed by atoms with Gasteiger partial charge in [-0.2, -0.15) is 0 Å². The lowest BCUT2D eigenvalue weighted by Gasteiger charge is -2.43. The van der Waals surface area contributed by atoms with Crippen molar-refractivity contribution >= 4 is 29.5 Å². The zero-order chi connectivity index (χ0) is 24.7. The number of carbonyl (C=O) groups excluding carboxylic acids is 4. The smallest absolute Gasteiger partial charge is 0.327 e. The van der Waals surface area contributed by atoms with Gasteiger partial charge in [0.25, 0.3) is 11.8 Å². The summed E-state index contributed by atoms with van der Waals surface area (Å²) in [6, 6.07) is 3.32. The molecule has 0 bridgehead atoms. The number of hydrogen-bond donors (Lipinski definition) is 2. The summed E-state index contributed by atoms with van der Waals surface area (Å²) in [5.41, 5.74) is 2.50. The Balaban J connectivity index is 1.63. The van der Waals surface area contributed by atoms with Crippen LogP contribution in [0.4, 0.5) is 10.5 Å². The van der Waals surface area contributed by atoms with Crippen LogP contribution in [-0.2, 0) is 19.1 Å². The molecular weight excluding hydrogens is 422 g/mol. The number of nitrogens with one attached hydrogen (secondary N) is 2. The molecule has 1 saturated heterocycles. The molecule has 1 heterocycles. The number of ether oxygens (including phenoxy) is 1. The number of imide groups is 1. The molecule has 2 N–H and O–H groups in total. The molecule has 1 aromatic carbocycles. The zero-order valence-corrected chi connectivity index (χ0v) is 20.6. The largest absolute Gasteiger partial charge is 0.451 e. The number of amides is 4. The Morgan fingerprint density at radius 2 is 1.79 bits per heavy atom. The van der Waals surface area contributed by atoms with Crippen molar-refractivity contribution in [2.45, 2.75) is 79.4 Å².